The van der Waals surface area contributed by atoms with Gasteiger partial charge in [0.1, 0.15) is 17.4 Å². The summed E-state index contributed by atoms with van der Waals surface area (Å²) in [4.78, 5) is 42.7. The highest BCUT2D eigenvalue weighted by Gasteiger charge is 2.76. The molecular formula is C28H39N3O5. The molecule has 2 fully saturated rings. The van der Waals surface area contributed by atoms with E-state index in [0.717, 1.165) is 17.7 Å². The monoisotopic (exact) mass is 497 g/mol. The molecule has 5 atom stereocenters. The summed E-state index contributed by atoms with van der Waals surface area (Å²) in [5.74, 6) is -1.09. The van der Waals surface area contributed by atoms with Crippen LogP contribution in [0.3, 0.4) is 0 Å². The van der Waals surface area contributed by atoms with Crippen LogP contribution in [0, 0.1) is 17.8 Å². The van der Waals surface area contributed by atoms with Crippen molar-refractivity contribution in [2.24, 2.45) is 17.8 Å². The SMILES string of the molecule is COc1ccc(CNC(=O)[C@@H]2[C@H]3C(=O)N(CCC(C)C)[C@@H](C(=O)NC(C)(C)C)[C@@]34C=C[C@@]2(C)O4)cc1. The number of carbonyl (C=O) groups excluding carboxylic acids is 3. The molecule has 3 aliphatic rings. The lowest BCUT2D eigenvalue weighted by Crippen LogP contribution is -2.58. The fourth-order valence-corrected chi connectivity index (χ4v) is 5.75. The van der Waals surface area contributed by atoms with Gasteiger partial charge in [-0.1, -0.05) is 38.1 Å². The van der Waals surface area contributed by atoms with Gasteiger partial charge in [-0.2, -0.15) is 0 Å². The first-order valence-electron chi connectivity index (χ1n) is 12.7. The second-order valence-electron chi connectivity index (χ2n) is 11.8. The summed E-state index contributed by atoms with van der Waals surface area (Å²) in [5, 5.41) is 6.05. The Morgan fingerprint density at radius 1 is 1.14 bits per heavy atom. The molecule has 3 heterocycles. The molecule has 0 unspecified atom stereocenters. The van der Waals surface area contributed by atoms with Crippen molar-refractivity contribution in [3.8, 4) is 5.75 Å². The van der Waals surface area contributed by atoms with Gasteiger partial charge in [0.2, 0.25) is 17.7 Å². The molecule has 196 valence electrons. The molecule has 2 saturated heterocycles. The van der Waals surface area contributed by atoms with Crippen molar-refractivity contribution in [1.82, 2.24) is 15.5 Å². The van der Waals surface area contributed by atoms with Gasteiger partial charge >= 0.3 is 0 Å². The maximum absolute atomic E-state index is 13.9. The molecule has 2 bridgehead atoms. The third-order valence-electron chi connectivity index (χ3n) is 7.40. The number of hydrogen-bond donors (Lipinski definition) is 2. The first kappa shape index (κ1) is 26.2. The van der Waals surface area contributed by atoms with Crippen LogP contribution in [0.2, 0.25) is 0 Å². The van der Waals surface area contributed by atoms with Crippen molar-refractivity contribution in [3.63, 3.8) is 0 Å². The van der Waals surface area contributed by atoms with Gasteiger partial charge in [-0.15, -0.1) is 0 Å². The number of ether oxygens (including phenoxy) is 2. The zero-order valence-corrected chi connectivity index (χ0v) is 22.4. The maximum atomic E-state index is 13.9. The number of amides is 3. The number of rotatable bonds is 8. The molecule has 8 heteroatoms. The van der Waals surface area contributed by atoms with Crippen molar-refractivity contribution in [1.29, 1.82) is 0 Å². The van der Waals surface area contributed by atoms with E-state index in [1.165, 1.54) is 0 Å². The van der Waals surface area contributed by atoms with Crippen LogP contribution in [0.15, 0.2) is 36.4 Å². The molecule has 3 amide bonds. The van der Waals surface area contributed by atoms with Crippen LogP contribution < -0.4 is 15.4 Å². The largest absolute Gasteiger partial charge is 0.497 e. The van der Waals surface area contributed by atoms with E-state index in [2.05, 4.69) is 24.5 Å². The predicted octanol–water partition coefficient (Wildman–Crippen LogP) is 2.81. The van der Waals surface area contributed by atoms with Crippen LogP contribution in [0.4, 0.5) is 0 Å². The lowest BCUT2D eigenvalue weighted by Gasteiger charge is -2.35. The number of carbonyl (C=O) groups is 3. The molecule has 0 aliphatic carbocycles. The molecule has 3 aliphatic heterocycles. The third kappa shape index (κ3) is 4.51. The van der Waals surface area contributed by atoms with Crippen LogP contribution in [0.5, 0.6) is 5.75 Å². The van der Waals surface area contributed by atoms with E-state index < -0.39 is 34.6 Å². The van der Waals surface area contributed by atoms with E-state index in [4.69, 9.17) is 9.47 Å². The van der Waals surface area contributed by atoms with Gasteiger partial charge in [-0.05, 0) is 57.7 Å². The number of hydrogen-bond acceptors (Lipinski definition) is 5. The van der Waals surface area contributed by atoms with E-state index in [9.17, 15) is 14.4 Å². The van der Waals surface area contributed by atoms with E-state index in [0.29, 0.717) is 19.0 Å². The van der Waals surface area contributed by atoms with Gasteiger partial charge in [0.15, 0.2) is 0 Å². The van der Waals surface area contributed by atoms with Crippen LogP contribution in [-0.2, 0) is 25.7 Å². The van der Waals surface area contributed by atoms with Crippen LogP contribution in [0.1, 0.15) is 53.5 Å². The van der Waals surface area contributed by atoms with Crippen molar-refractivity contribution in [2.45, 2.75) is 77.3 Å². The molecule has 0 radical (unpaired) electrons. The summed E-state index contributed by atoms with van der Waals surface area (Å²) in [7, 11) is 1.61. The van der Waals surface area contributed by atoms with Crippen LogP contribution in [-0.4, -0.2) is 59.1 Å². The minimum Gasteiger partial charge on any atom is -0.497 e. The van der Waals surface area contributed by atoms with E-state index in [-0.39, 0.29) is 17.7 Å². The van der Waals surface area contributed by atoms with Gasteiger partial charge in [0.05, 0.1) is 24.5 Å². The van der Waals surface area contributed by atoms with Crippen molar-refractivity contribution in [2.75, 3.05) is 13.7 Å². The Bertz CT molecular complexity index is 1060. The van der Waals surface area contributed by atoms with Crippen molar-refractivity contribution in [3.05, 3.63) is 42.0 Å². The Morgan fingerprint density at radius 3 is 2.39 bits per heavy atom. The van der Waals surface area contributed by atoms with Gasteiger partial charge in [-0.25, -0.2) is 0 Å². The van der Waals surface area contributed by atoms with Gasteiger partial charge in [0.25, 0.3) is 0 Å². The number of likely N-dealkylation sites (tertiary alicyclic amines) is 1. The molecular weight excluding hydrogens is 458 g/mol. The van der Waals surface area contributed by atoms with Crippen LogP contribution >= 0.6 is 0 Å². The molecule has 0 saturated carbocycles. The molecule has 1 aromatic carbocycles. The number of benzene rings is 1. The normalized spacial score (nSPS) is 30.6. The Morgan fingerprint density at radius 2 is 1.81 bits per heavy atom. The average molecular weight is 498 g/mol. The fraction of sp³-hybridized carbons (Fsp3) is 0.607. The summed E-state index contributed by atoms with van der Waals surface area (Å²) >= 11 is 0. The number of fused-ring (bicyclic) bond motifs is 1. The number of nitrogens with one attached hydrogen (secondary N) is 2. The van der Waals surface area contributed by atoms with E-state index in [1.54, 1.807) is 12.0 Å². The van der Waals surface area contributed by atoms with E-state index >= 15 is 0 Å². The minimum atomic E-state index is -1.17. The summed E-state index contributed by atoms with van der Waals surface area (Å²) in [6.45, 7) is 12.5. The average Bonchev–Trinajstić information content (AvgIpc) is 3.35. The van der Waals surface area contributed by atoms with Crippen molar-refractivity contribution >= 4 is 17.7 Å². The third-order valence-corrected chi connectivity index (χ3v) is 7.40. The molecule has 1 aromatic rings. The summed E-state index contributed by atoms with van der Waals surface area (Å²) < 4.78 is 11.7. The minimum absolute atomic E-state index is 0.192. The Balaban J connectivity index is 1.62. The molecule has 0 aromatic heterocycles. The lowest BCUT2D eigenvalue weighted by atomic mass is 9.70. The smallest absolute Gasteiger partial charge is 0.246 e. The standard InChI is InChI=1S/C28H39N3O5/c1-17(2)12-15-31-22(24(33)30-26(3,4)5)28-14-13-27(6,36-28)20(21(28)25(31)34)23(32)29-16-18-8-10-19(35-7)11-9-18/h8-11,13-14,17,20-22H,12,15-16H2,1-7H3,(H,29,32)(H,30,33)/t20-,21-,22-,27+,28+/m0/s1. The molecule has 1 spiro atoms. The molecule has 2 N–H and O–H groups in total. The predicted molar refractivity (Wildman–Crippen MR) is 136 cm³/mol. The maximum Gasteiger partial charge on any atom is 0.246 e. The molecule has 36 heavy (non-hydrogen) atoms. The fourth-order valence-electron chi connectivity index (χ4n) is 5.75. The zero-order valence-electron chi connectivity index (χ0n) is 22.4. The van der Waals surface area contributed by atoms with E-state index in [1.807, 2.05) is 64.1 Å². The van der Waals surface area contributed by atoms with Gasteiger partial charge < -0.3 is 25.0 Å². The number of methoxy groups -OCH3 is 1. The van der Waals surface area contributed by atoms with Gasteiger partial charge in [0, 0.05) is 18.6 Å². The summed E-state index contributed by atoms with van der Waals surface area (Å²) in [6.07, 6.45) is 4.46. The quantitative estimate of drug-likeness (QED) is 0.539. The summed E-state index contributed by atoms with van der Waals surface area (Å²) in [5.41, 5.74) is -1.69. The highest BCUT2D eigenvalue weighted by Crippen LogP contribution is 2.59. The highest BCUT2D eigenvalue weighted by atomic mass is 16.5. The first-order chi connectivity index (χ1) is 16.8. The molecule has 8 nitrogen and oxygen atoms in total. The summed E-state index contributed by atoms with van der Waals surface area (Å²) in [6, 6.07) is 6.63. The molecule has 4 rings (SSSR count). The zero-order chi connectivity index (χ0) is 26.5. The first-order valence-corrected chi connectivity index (χ1v) is 12.7. The van der Waals surface area contributed by atoms with Gasteiger partial charge in [-0.3, -0.25) is 14.4 Å². The Kier molecular flexibility index (Phi) is 6.71. The Hall–Kier alpha value is -2.87. The van der Waals surface area contributed by atoms with Crippen molar-refractivity contribution < 1.29 is 23.9 Å². The lowest BCUT2D eigenvalue weighted by molar-refractivity contribution is -0.145. The Labute approximate surface area is 213 Å². The highest BCUT2D eigenvalue weighted by molar-refractivity contribution is 6.00. The second-order valence-corrected chi connectivity index (χ2v) is 11.8. The number of nitrogens with zero attached hydrogens (tertiary/aromatic N) is 1. The van der Waals surface area contributed by atoms with Crippen LogP contribution in [0.25, 0.3) is 0 Å². The second kappa shape index (κ2) is 9.21. The topological polar surface area (TPSA) is 97.0 Å².